The van der Waals surface area contributed by atoms with Crippen LogP contribution in [0, 0.1) is 11.8 Å². The van der Waals surface area contributed by atoms with Crippen LogP contribution in [0.5, 0.6) is 0 Å². The molecule has 1 aliphatic rings. The van der Waals surface area contributed by atoms with Crippen LogP contribution in [0.1, 0.15) is 19.4 Å². The Morgan fingerprint density at radius 1 is 1.39 bits per heavy atom. The van der Waals surface area contributed by atoms with Crippen LogP contribution in [0.3, 0.4) is 0 Å². The molecule has 3 nitrogen and oxygen atoms in total. The number of carbonyl (C=O) groups excluding carboxylic acids is 1. The molecule has 2 rings (SSSR count). The van der Waals surface area contributed by atoms with Crippen molar-refractivity contribution in [2.75, 3.05) is 19.6 Å². The van der Waals surface area contributed by atoms with E-state index >= 15 is 0 Å². The van der Waals surface area contributed by atoms with Gasteiger partial charge in [-0.05, 0) is 31.5 Å². The number of hydrogen-bond donors (Lipinski definition) is 1. The predicted octanol–water partition coefficient (Wildman–Crippen LogP) is 1.89. The van der Waals surface area contributed by atoms with Crippen molar-refractivity contribution < 1.29 is 4.79 Å². The molecule has 1 N–H and O–H groups in total. The third kappa shape index (κ3) is 2.91. The highest BCUT2D eigenvalue weighted by Crippen LogP contribution is 2.19. The van der Waals surface area contributed by atoms with E-state index < -0.39 is 0 Å². The minimum absolute atomic E-state index is 0.134. The summed E-state index contributed by atoms with van der Waals surface area (Å²) in [5.74, 6) is 0.935. The lowest BCUT2D eigenvalue weighted by Gasteiger charge is -2.34. The Labute approximate surface area is 109 Å². The zero-order valence-corrected chi connectivity index (χ0v) is 11.2. The van der Waals surface area contributed by atoms with Gasteiger partial charge in [-0.2, -0.15) is 0 Å². The molecule has 1 heterocycles. The lowest BCUT2D eigenvalue weighted by Crippen LogP contribution is -2.50. The van der Waals surface area contributed by atoms with E-state index in [1.807, 2.05) is 30.0 Å². The third-order valence-electron chi connectivity index (χ3n) is 3.82. The highest BCUT2D eigenvalue weighted by Gasteiger charge is 2.31. The maximum atomic E-state index is 12.4. The maximum absolute atomic E-state index is 12.4. The molecule has 0 radical (unpaired) electrons. The second-order valence-corrected chi connectivity index (χ2v) is 5.05. The molecule has 1 unspecified atom stereocenters. The number of amides is 1. The quantitative estimate of drug-likeness (QED) is 0.860. The van der Waals surface area contributed by atoms with Crippen LogP contribution in [-0.4, -0.2) is 30.4 Å². The number of benzene rings is 1. The molecule has 0 saturated carbocycles. The van der Waals surface area contributed by atoms with Gasteiger partial charge >= 0.3 is 0 Å². The molecule has 98 valence electrons. The van der Waals surface area contributed by atoms with Crippen LogP contribution in [0.15, 0.2) is 30.3 Å². The van der Waals surface area contributed by atoms with Gasteiger partial charge in [0.2, 0.25) is 5.91 Å². The van der Waals surface area contributed by atoms with E-state index in [2.05, 4.69) is 24.4 Å². The molecule has 1 atom stereocenters. The Morgan fingerprint density at radius 2 is 2.06 bits per heavy atom. The van der Waals surface area contributed by atoms with E-state index in [4.69, 9.17) is 0 Å². The fraction of sp³-hybridized carbons (Fsp3) is 0.533. The average Bonchev–Trinajstić information content (AvgIpc) is 2.34. The monoisotopic (exact) mass is 246 g/mol. The summed E-state index contributed by atoms with van der Waals surface area (Å²) >= 11 is 0. The molecule has 3 heteroatoms. The summed E-state index contributed by atoms with van der Waals surface area (Å²) in [4.78, 5) is 14.4. The molecule has 18 heavy (non-hydrogen) atoms. The van der Waals surface area contributed by atoms with E-state index in [9.17, 15) is 4.79 Å². The van der Waals surface area contributed by atoms with Crippen molar-refractivity contribution in [3.05, 3.63) is 35.9 Å². The second kappa shape index (κ2) is 6.01. The fourth-order valence-electron chi connectivity index (χ4n) is 2.30. The van der Waals surface area contributed by atoms with Crippen LogP contribution in [0.4, 0.5) is 0 Å². The van der Waals surface area contributed by atoms with Crippen molar-refractivity contribution in [3.63, 3.8) is 0 Å². The first kappa shape index (κ1) is 13.1. The smallest absolute Gasteiger partial charge is 0.226 e. The number of rotatable bonds is 5. The highest BCUT2D eigenvalue weighted by molar-refractivity contribution is 5.79. The highest BCUT2D eigenvalue weighted by atomic mass is 16.2. The van der Waals surface area contributed by atoms with Gasteiger partial charge in [0.25, 0.3) is 0 Å². The Morgan fingerprint density at radius 3 is 2.56 bits per heavy atom. The molecule has 1 fully saturated rings. The Kier molecular flexibility index (Phi) is 4.37. The van der Waals surface area contributed by atoms with Crippen molar-refractivity contribution in [1.29, 1.82) is 0 Å². The van der Waals surface area contributed by atoms with Crippen LogP contribution in [-0.2, 0) is 11.3 Å². The summed E-state index contributed by atoms with van der Waals surface area (Å²) in [5, 5.41) is 3.23. The first-order valence-electron chi connectivity index (χ1n) is 6.75. The van der Waals surface area contributed by atoms with Crippen molar-refractivity contribution in [2.45, 2.75) is 20.4 Å². The second-order valence-electron chi connectivity index (χ2n) is 5.05. The Hall–Kier alpha value is -1.35. The minimum atomic E-state index is 0.134. The van der Waals surface area contributed by atoms with Crippen molar-refractivity contribution in [3.8, 4) is 0 Å². The summed E-state index contributed by atoms with van der Waals surface area (Å²) in [6, 6.07) is 10.2. The Balaban J connectivity index is 1.97. The summed E-state index contributed by atoms with van der Waals surface area (Å²) in [6.45, 7) is 7.57. The lowest BCUT2D eigenvalue weighted by atomic mass is 9.88. The number of nitrogens with one attached hydrogen (secondary N) is 1. The summed E-state index contributed by atoms with van der Waals surface area (Å²) in [5.41, 5.74) is 1.20. The largest absolute Gasteiger partial charge is 0.338 e. The molecule has 0 aromatic heterocycles. The third-order valence-corrected chi connectivity index (χ3v) is 3.82. The SMILES string of the molecule is CCN(Cc1ccccc1)C(=O)C(C)C1CNC1. The van der Waals surface area contributed by atoms with Gasteiger partial charge < -0.3 is 10.2 Å². The van der Waals surface area contributed by atoms with Crippen LogP contribution < -0.4 is 5.32 Å². The molecule has 1 aliphatic heterocycles. The molecule has 0 spiro atoms. The van der Waals surface area contributed by atoms with Gasteiger partial charge in [0, 0.05) is 19.0 Å². The lowest BCUT2D eigenvalue weighted by molar-refractivity contribution is -0.137. The van der Waals surface area contributed by atoms with E-state index in [-0.39, 0.29) is 11.8 Å². The Bertz CT molecular complexity index is 387. The number of carbonyl (C=O) groups is 1. The van der Waals surface area contributed by atoms with Gasteiger partial charge in [0.15, 0.2) is 0 Å². The van der Waals surface area contributed by atoms with Gasteiger partial charge in [-0.15, -0.1) is 0 Å². The first-order chi connectivity index (χ1) is 8.72. The van der Waals surface area contributed by atoms with Crippen molar-refractivity contribution >= 4 is 5.91 Å². The van der Waals surface area contributed by atoms with Crippen molar-refractivity contribution in [2.24, 2.45) is 11.8 Å². The molecule has 1 aromatic carbocycles. The summed E-state index contributed by atoms with van der Waals surface area (Å²) < 4.78 is 0. The zero-order valence-electron chi connectivity index (χ0n) is 11.2. The topological polar surface area (TPSA) is 32.3 Å². The molecular formula is C15H22N2O. The van der Waals surface area contributed by atoms with Crippen LogP contribution in [0.2, 0.25) is 0 Å². The maximum Gasteiger partial charge on any atom is 0.226 e. The molecule has 1 saturated heterocycles. The molecule has 0 aliphatic carbocycles. The minimum Gasteiger partial charge on any atom is -0.338 e. The summed E-state index contributed by atoms with van der Waals surface area (Å²) in [6.07, 6.45) is 0. The van der Waals surface area contributed by atoms with E-state index in [1.54, 1.807) is 0 Å². The van der Waals surface area contributed by atoms with Crippen LogP contribution in [0.25, 0.3) is 0 Å². The molecular weight excluding hydrogens is 224 g/mol. The predicted molar refractivity (Wildman–Crippen MR) is 73.1 cm³/mol. The van der Waals surface area contributed by atoms with Gasteiger partial charge in [-0.3, -0.25) is 4.79 Å². The van der Waals surface area contributed by atoms with Gasteiger partial charge in [-0.25, -0.2) is 0 Å². The normalized spacial score (nSPS) is 17.0. The fourth-order valence-corrected chi connectivity index (χ4v) is 2.30. The standard InChI is InChI=1S/C15H22N2O/c1-3-17(11-13-7-5-4-6-8-13)15(18)12(2)14-9-16-10-14/h4-8,12,14,16H,3,9-11H2,1-2H3. The molecule has 0 bridgehead atoms. The summed E-state index contributed by atoms with van der Waals surface area (Å²) in [7, 11) is 0. The van der Waals surface area contributed by atoms with Gasteiger partial charge in [0.05, 0.1) is 0 Å². The van der Waals surface area contributed by atoms with Crippen LogP contribution >= 0.6 is 0 Å². The van der Waals surface area contributed by atoms with E-state index in [0.717, 1.165) is 26.2 Å². The molecule has 1 amide bonds. The first-order valence-corrected chi connectivity index (χ1v) is 6.75. The van der Waals surface area contributed by atoms with E-state index in [0.29, 0.717) is 5.92 Å². The van der Waals surface area contributed by atoms with E-state index in [1.165, 1.54) is 5.56 Å². The zero-order chi connectivity index (χ0) is 13.0. The van der Waals surface area contributed by atoms with Gasteiger partial charge in [-0.1, -0.05) is 37.3 Å². The number of hydrogen-bond acceptors (Lipinski definition) is 2. The average molecular weight is 246 g/mol. The number of nitrogens with zero attached hydrogens (tertiary/aromatic N) is 1. The van der Waals surface area contributed by atoms with Crippen molar-refractivity contribution in [1.82, 2.24) is 10.2 Å². The van der Waals surface area contributed by atoms with Gasteiger partial charge in [0.1, 0.15) is 0 Å². The molecule has 1 aromatic rings.